The Labute approximate surface area is 210 Å². The van der Waals surface area contributed by atoms with Crippen LogP contribution in [0.25, 0.3) is 11.3 Å². The number of nitrogens with zero attached hydrogens (tertiary/aromatic N) is 3. The minimum Gasteiger partial charge on any atom is -0.457 e. The lowest BCUT2D eigenvalue weighted by molar-refractivity contribution is -0.127. The highest BCUT2D eigenvalue weighted by atomic mass is 16.5. The molecule has 0 saturated carbocycles. The van der Waals surface area contributed by atoms with Crippen molar-refractivity contribution in [3.63, 3.8) is 0 Å². The molecular formula is C28H31N5O3. The monoisotopic (exact) mass is 485 g/mol. The standard InChI is InChI=1S/C28H31N5O3/c1-3-24(34)32-17-14-19(15-18-32)23-13-16-30-27-25(28(35)29-2)26(31-33(23)27)20-9-11-22(12-10-20)36-21-7-5-4-6-8-21/h3-12,19,23,30H,1,13-18H2,2H3,(H,29,35). The van der Waals surface area contributed by atoms with Crippen LogP contribution in [0.15, 0.2) is 67.3 Å². The molecule has 36 heavy (non-hydrogen) atoms. The van der Waals surface area contributed by atoms with Crippen LogP contribution in [0.5, 0.6) is 11.5 Å². The summed E-state index contributed by atoms with van der Waals surface area (Å²) in [5, 5.41) is 11.2. The van der Waals surface area contributed by atoms with Gasteiger partial charge in [0, 0.05) is 32.2 Å². The van der Waals surface area contributed by atoms with E-state index in [9.17, 15) is 9.59 Å². The first kappa shape index (κ1) is 23.7. The van der Waals surface area contributed by atoms with E-state index in [4.69, 9.17) is 9.84 Å². The highest BCUT2D eigenvalue weighted by Crippen LogP contribution is 2.40. The molecule has 2 aliphatic heterocycles. The Bertz CT molecular complexity index is 1240. The summed E-state index contributed by atoms with van der Waals surface area (Å²) in [4.78, 5) is 26.9. The van der Waals surface area contributed by atoms with Gasteiger partial charge in [0.15, 0.2) is 0 Å². The minimum atomic E-state index is -0.171. The molecule has 1 aromatic heterocycles. The van der Waals surface area contributed by atoms with Gasteiger partial charge in [0.2, 0.25) is 5.91 Å². The number of rotatable bonds is 6. The number of para-hydroxylation sites is 1. The number of aromatic nitrogens is 2. The fourth-order valence-corrected chi connectivity index (χ4v) is 5.22. The van der Waals surface area contributed by atoms with Crippen molar-refractivity contribution in [2.75, 3.05) is 32.0 Å². The number of piperidine rings is 1. The van der Waals surface area contributed by atoms with Crippen LogP contribution in [0.1, 0.15) is 35.7 Å². The van der Waals surface area contributed by atoms with Crippen molar-refractivity contribution in [1.82, 2.24) is 20.0 Å². The smallest absolute Gasteiger partial charge is 0.257 e. The minimum absolute atomic E-state index is 0.0116. The van der Waals surface area contributed by atoms with Gasteiger partial charge in [-0.15, -0.1) is 0 Å². The van der Waals surface area contributed by atoms with Crippen molar-refractivity contribution in [1.29, 1.82) is 0 Å². The maximum atomic E-state index is 13.0. The summed E-state index contributed by atoms with van der Waals surface area (Å²) in [5.41, 5.74) is 2.05. The van der Waals surface area contributed by atoms with Gasteiger partial charge in [-0.05, 0) is 67.7 Å². The molecule has 5 rings (SSSR count). The number of benzene rings is 2. The zero-order chi connectivity index (χ0) is 25.1. The summed E-state index contributed by atoms with van der Waals surface area (Å²) in [6.07, 6.45) is 4.11. The molecule has 1 saturated heterocycles. The Morgan fingerprint density at radius 1 is 1.06 bits per heavy atom. The quantitative estimate of drug-likeness (QED) is 0.503. The predicted octanol–water partition coefficient (Wildman–Crippen LogP) is 4.48. The highest BCUT2D eigenvalue weighted by Gasteiger charge is 2.36. The SMILES string of the molecule is C=CC(=O)N1CCC(C2CCNc3c(C(=O)NC)c(-c4ccc(Oc5ccccc5)cc4)nn32)CC1. The number of nitrogens with one attached hydrogen (secondary N) is 2. The van der Waals surface area contributed by atoms with Crippen molar-refractivity contribution in [3.8, 4) is 22.8 Å². The molecule has 8 nitrogen and oxygen atoms in total. The zero-order valence-corrected chi connectivity index (χ0v) is 20.4. The molecule has 2 amide bonds. The van der Waals surface area contributed by atoms with E-state index in [2.05, 4.69) is 17.2 Å². The Morgan fingerprint density at radius 3 is 2.42 bits per heavy atom. The summed E-state index contributed by atoms with van der Waals surface area (Å²) in [6.45, 7) is 5.81. The molecule has 2 aromatic carbocycles. The van der Waals surface area contributed by atoms with E-state index in [1.54, 1.807) is 7.05 Å². The molecule has 8 heteroatoms. The Morgan fingerprint density at radius 2 is 1.75 bits per heavy atom. The first-order valence-electron chi connectivity index (χ1n) is 12.4. The number of hydrogen-bond donors (Lipinski definition) is 2. The van der Waals surface area contributed by atoms with Gasteiger partial charge in [0.05, 0.1) is 6.04 Å². The summed E-state index contributed by atoms with van der Waals surface area (Å²) >= 11 is 0. The number of ether oxygens (including phenoxy) is 1. The second kappa shape index (κ2) is 10.3. The van der Waals surface area contributed by atoms with Gasteiger partial charge in [-0.3, -0.25) is 9.59 Å². The van der Waals surface area contributed by atoms with Crippen molar-refractivity contribution in [2.45, 2.75) is 25.3 Å². The van der Waals surface area contributed by atoms with Crippen LogP contribution in [-0.4, -0.2) is 53.2 Å². The maximum absolute atomic E-state index is 13.0. The third-order valence-electron chi connectivity index (χ3n) is 7.09. The normalized spacial score (nSPS) is 17.6. The average molecular weight is 486 g/mol. The topological polar surface area (TPSA) is 88.5 Å². The molecule has 0 bridgehead atoms. The van der Waals surface area contributed by atoms with Crippen molar-refractivity contribution in [2.24, 2.45) is 5.92 Å². The Kier molecular flexibility index (Phi) is 6.75. The number of hydrogen-bond acceptors (Lipinski definition) is 5. The van der Waals surface area contributed by atoms with Crippen LogP contribution < -0.4 is 15.4 Å². The van der Waals surface area contributed by atoms with E-state index in [0.29, 0.717) is 36.0 Å². The summed E-state index contributed by atoms with van der Waals surface area (Å²) in [7, 11) is 1.64. The van der Waals surface area contributed by atoms with Crippen LogP contribution >= 0.6 is 0 Å². The number of likely N-dealkylation sites (tertiary alicyclic amines) is 1. The van der Waals surface area contributed by atoms with Crippen LogP contribution in [0.3, 0.4) is 0 Å². The second-order valence-electron chi connectivity index (χ2n) is 9.19. The lowest BCUT2D eigenvalue weighted by Gasteiger charge is -2.38. The van der Waals surface area contributed by atoms with Crippen molar-refractivity contribution < 1.29 is 14.3 Å². The second-order valence-corrected chi connectivity index (χ2v) is 9.19. The molecule has 3 aromatic rings. The van der Waals surface area contributed by atoms with Gasteiger partial charge in [0.1, 0.15) is 28.6 Å². The predicted molar refractivity (Wildman–Crippen MR) is 139 cm³/mol. The number of anilines is 1. The lowest BCUT2D eigenvalue weighted by atomic mass is 9.87. The van der Waals surface area contributed by atoms with Gasteiger partial charge in [-0.25, -0.2) is 4.68 Å². The molecule has 1 fully saturated rings. The molecule has 1 unspecified atom stereocenters. The number of carbonyl (C=O) groups is 2. The van der Waals surface area contributed by atoms with E-state index < -0.39 is 0 Å². The van der Waals surface area contributed by atoms with E-state index >= 15 is 0 Å². The van der Waals surface area contributed by atoms with E-state index in [1.807, 2.05) is 64.2 Å². The third kappa shape index (κ3) is 4.58. The highest BCUT2D eigenvalue weighted by molar-refractivity contribution is 6.04. The van der Waals surface area contributed by atoms with Crippen LogP contribution in [-0.2, 0) is 4.79 Å². The number of amides is 2. The largest absolute Gasteiger partial charge is 0.457 e. The lowest BCUT2D eigenvalue weighted by Crippen LogP contribution is -2.41. The Hall–Kier alpha value is -4.07. The van der Waals surface area contributed by atoms with Crippen molar-refractivity contribution >= 4 is 17.6 Å². The van der Waals surface area contributed by atoms with Gasteiger partial charge in [0.25, 0.3) is 5.91 Å². The number of carbonyl (C=O) groups excluding carboxylic acids is 2. The fraction of sp³-hybridized carbons (Fsp3) is 0.321. The average Bonchev–Trinajstić information content (AvgIpc) is 3.33. The molecule has 1 atom stereocenters. The molecule has 0 spiro atoms. The van der Waals surface area contributed by atoms with E-state index in [-0.39, 0.29) is 17.9 Å². The third-order valence-corrected chi connectivity index (χ3v) is 7.09. The van der Waals surface area contributed by atoms with Crippen LogP contribution in [0.4, 0.5) is 5.82 Å². The van der Waals surface area contributed by atoms with Gasteiger partial charge < -0.3 is 20.3 Å². The summed E-state index contributed by atoms with van der Waals surface area (Å²) < 4.78 is 7.94. The van der Waals surface area contributed by atoms with Crippen LogP contribution in [0, 0.1) is 5.92 Å². The molecule has 186 valence electrons. The molecule has 2 N–H and O–H groups in total. The molecule has 2 aliphatic rings. The van der Waals surface area contributed by atoms with Crippen molar-refractivity contribution in [3.05, 3.63) is 72.8 Å². The molecule has 3 heterocycles. The number of fused-ring (bicyclic) bond motifs is 1. The first-order chi connectivity index (χ1) is 17.6. The fourth-order valence-electron chi connectivity index (χ4n) is 5.22. The maximum Gasteiger partial charge on any atom is 0.257 e. The van der Waals surface area contributed by atoms with E-state index in [0.717, 1.165) is 42.9 Å². The summed E-state index contributed by atoms with van der Waals surface area (Å²) in [6, 6.07) is 17.5. The first-order valence-corrected chi connectivity index (χ1v) is 12.4. The zero-order valence-electron chi connectivity index (χ0n) is 20.4. The van der Waals surface area contributed by atoms with Gasteiger partial charge in [-0.2, -0.15) is 5.10 Å². The van der Waals surface area contributed by atoms with Gasteiger partial charge >= 0.3 is 0 Å². The molecule has 0 radical (unpaired) electrons. The van der Waals surface area contributed by atoms with Gasteiger partial charge in [-0.1, -0.05) is 24.8 Å². The van der Waals surface area contributed by atoms with Crippen LogP contribution in [0.2, 0.25) is 0 Å². The van der Waals surface area contributed by atoms with E-state index in [1.165, 1.54) is 6.08 Å². The molecule has 0 aliphatic carbocycles. The Balaban J connectivity index is 1.43. The summed E-state index contributed by atoms with van der Waals surface area (Å²) in [5.74, 6) is 2.44. The molecular weight excluding hydrogens is 454 g/mol.